The van der Waals surface area contributed by atoms with Crippen molar-refractivity contribution in [2.45, 2.75) is 26.4 Å². The first-order valence-corrected chi connectivity index (χ1v) is 6.86. The molecule has 1 saturated heterocycles. The van der Waals surface area contributed by atoms with Gasteiger partial charge in [0, 0.05) is 35.4 Å². The van der Waals surface area contributed by atoms with Crippen LogP contribution in [0.3, 0.4) is 0 Å². The number of nitrogens with zero attached hydrogens (tertiary/aromatic N) is 1. The minimum Gasteiger partial charge on any atom is -0.369 e. The standard InChI is InChI=1S/C10H19NO3S/c1-3-9(2)14-8-10(12)11-4-6-15(13)7-5-11/h9H,3-8H2,1-2H3. The van der Waals surface area contributed by atoms with E-state index in [2.05, 4.69) is 0 Å². The van der Waals surface area contributed by atoms with Crippen LogP contribution in [-0.4, -0.2) is 52.3 Å². The van der Waals surface area contributed by atoms with Crippen LogP contribution >= 0.6 is 0 Å². The van der Waals surface area contributed by atoms with Crippen LogP contribution in [0, 0.1) is 0 Å². The van der Waals surface area contributed by atoms with E-state index in [9.17, 15) is 9.00 Å². The average Bonchev–Trinajstić information content (AvgIpc) is 2.26. The maximum absolute atomic E-state index is 11.6. The Kier molecular flexibility index (Phi) is 5.25. The van der Waals surface area contributed by atoms with Gasteiger partial charge in [0.25, 0.3) is 0 Å². The summed E-state index contributed by atoms with van der Waals surface area (Å²) in [6, 6.07) is 0. The van der Waals surface area contributed by atoms with Crippen LogP contribution in [0.4, 0.5) is 0 Å². The molecular formula is C10H19NO3S. The van der Waals surface area contributed by atoms with Crippen LogP contribution in [0.15, 0.2) is 0 Å². The lowest BCUT2D eigenvalue weighted by Crippen LogP contribution is -2.43. The molecule has 1 atom stereocenters. The fraction of sp³-hybridized carbons (Fsp3) is 0.900. The molecule has 1 aliphatic heterocycles. The molecule has 1 rings (SSSR count). The second kappa shape index (κ2) is 6.23. The van der Waals surface area contributed by atoms with Crippen molar-refractivity contribution in [3.05, 3.63) is 0 Å². The zero-order valence-corrected chi connectivity index (χ0v) is 10.2. The molecule has 5 heteroatoms. The first-order chi connectivity index (χ1) is 7.13. The van der Waals surface area contributed by atoms with Crippen molar-refractivity contribution in [1.82, 2.24) is 4.90 Å². The van der Waals surface area contributed by atoms with Gasteiger partial charge in [-0.15, -0.1) is 0 Å². The zero-order valence-electron chi connectivity index (χ0n) is 9.40. The summed E-state index contributed by atoms with van der Waals surface area (Å²) < 4.78 is 16.5. The molecule has 1 heterocycles. The van der Waals surface area contributed by atoms with Crippen LogP contribution in [0.5, 0.6) is 0 Å². The van der Waals surface area contributed by atoms with Gasteiger partial charge in [-0.2, -0.15) is 0 Å². The molecule has 1 amide bonds. The van der Waals surface area contributed by atoms with Gasteiger partial charge in [0.1, 0.15) is 6.61 Å². The zero-order chi connectivity index (χ0) is 11.3. The summed E-state index contributed by atoms with van der Waals surface area (Å²) in [6.45, 7) is 5.35. The van der Waals surface area contributed by atoms with E-state index in [1.165, 1.54) is 0 Å². The molecule has 0 bridgehead atoms. The minimum atomic E-state index is -0.726. The summed E-state index contributed by atoms with van der Waals surface area (Å²) in [4.78, 5) is 13.4. The predicted molar refractivity (Wildman–Crippen MR) is 60.2 cm³/mol. The Bertz CT molecular complexity index is 235. The van der Waals surface area contributed by atoms with Crippen molar-refractivity contribution < 1.29 is 13.7 Å². The number of amides is 1. The van der Waals surface area contributed by atoms with E-state index < -0.39 is 10.8 Å². The molecule has 0 aromatic rings. The van der Waals surface area contributed by atoms with Crippen molar-refractivity contribution in [1.29, 1.82) is 0 Å². The van der Waals surface area contributed by atoms with Crippen LogP contribution in [-0.2, 0) is 20.3 Å². The Labute approximate surface area is 93.4 Å². The van der Waals surface area contributed by atoms with E-state index in [-0.39, 0.29) is 18.6 Å². The minimum absolute atomic E-state index is 0.0204. The highest BCUT2D eigenvalue weighted by Crippen LogP contribution is 2.02. The van der Waals surface area contributed by atoms with E-state index in [1.807, 2.05) is 13.8 Å². The normalized spacial score (nSPS) is 20.3. The summed E-state index contributed by atoms with van der Waals surface area (Å²) in [5.74, 6) is 1.23. The fourth-order valence-corrected chi connectivity index (χ4v) is 2.36. The molecular weight excluding hydrogens is 214 g/mol. The second-order valence-corrected chi connectivity index (χ2v) is 5.45. The third kappa shape index (κ3) is 4.30. The Hall–Kier alpha value is -0.420. The lowest BCUT2D eigenvalue weighted by atomic mass is 10.3. The van der Waals surface area contributed by atoms with E-state index in [0.29, 0.717) is 24.6 Å². The number of rotatable bonds is 4. The number of ether oxygens (including phenoxy) is 1. The maximum Gasteiger partial charge on any atom is 0.248 e. The van der Waals surface area contributed by atoms with Gasteiger partial charge in [-0.25, -0.2) is 0 Å². The molecule has 1 fully saturated rings. The largest absolute Gasteiger partial charge is 0.369 e. The molecule has 1 unspecified atom stereocenters. The Morgan fingerprint density at radius 2 is 2.07 bits per heavy atom. The molecule has 0 aliphatic carbocycles. The highest BCUT2D eigenvalue weighted by Gasteiger charge is 2.20. The van der Waals surface area contributed by atoms with Crippen LogP contribution in [0.1, 0.15) is 20.3 Å². The summed E-state index contributed by atoms with van der Waals surface area (Å²) in [5, 5.41) is 0. The molecule has 0 radical (unpaired) electrons. The smallest absolute Gasteiger partial charge is 0.248 e. The van der Waals surface area contributed by atoms with Gasteiger partial charge in [-0.05, 0) is 13.3 Å². The highest BCUT2D eigenvalue weighted by atomic mass is 32.2. The topological polar surface area (TPSA) is 46.6 Å². The van der Waals surface area contributed by atoms with Gasteiger partial charge in [0.15, 0.2) is 0 Å². The van der Waals surface area contributed by atoms with Gasteiger partial charge < -0.3 is 9.64 Å². The maximum atomic E-state index is 11.6. The molecule has 1 aliphatic rings. The molecule has 0 spiro atoms. The van der Waals surface area contributed by atoms with Crippen molar-refractivity contribution in [3.63, 3.8) is 0 Å². The number of carbonyl (C=O) groups excluding carboxylic acids is 1. The first-order valence-electron chi connectivity index (χ1n) is 5.37. The molecule has 15 heavy (non-hydrogen) atoms. The molecule has 88 valence electrons. The van der Waals surface area contributed by atoms with Crippen LogP contribution in [0.2, 0.25) is 0 Å². The molecule has 4 nitrogen and oxygen atoms in total. The molecule has 0 aromatic carbocycles. The lowest BCUT2D eigenvalue weighted by Gasteiger charge is -2.26. The number of hydrogen-bond donors (Lipinski definition) is 0. The van der Waals surface area contributed by atoms with Crippen molar-refractivity contribution in [2.75, 3.05) is 31.2 Å². The van der Waals surface area contributed by atoms with Crippen molar-refractivity contribution >= 4 is 16.7 Å². The van der Waals surface area contributed by atoms with Gasteiger partial charge in [-0.3, -0.25) is 9.00 Å². The predicted octanol–water partition coefficient (Wildman–Crippen LogP) is 0.392. The molecule has 0 aromatic heterocycles. The number of hydrogen-bond acceptors (Lipinski definition) is 3. The van der Waals surface area contributed by atoms with Crippen LogP contribution in [0.25, 0.3) is 0 Å². The monoisotopic (exact) mass is 233 g/mol. The highest BCUT2D eigenvalue weighted by molar-refractivity contribution is 7.85. The van der Waals surface area contributed by atoms with E-state index in [4.69, 9.17) is 4.74 Å². The van der Waals surface area contributed by atoms with E-state index in [0.717, 1.165) is 6.42 Å². The van der Waals surface area contributed by atoms with Crippen molar-refractivity contribution in [2.24, 2.45) is 0 Å². The second-order valence-electron chi connectivity index (χ2n) is 3.76. The summed E-state index contributed by atoms with van der Waals surface area (Å²) in [6.07, 6.45) is 1.05. The van der Waals surface area contributed by atoms with Gasteiger partial charge in [0.05, 0.1) is 6.10 Å². The van der Waals surface area contributed by atoms with Crippen molar-refractivity contribution in [3.8, 4) is 0 Å². The third-order valence-electron chi connectivity index (χ3n) is 2.60. The Morgan fingerprint density at radius 1 is 1.47 bits per heavy atom. The average molecular weight is 233 g/mol. The van der Waals surface area contributed by atoms with Gasteiger partial charge in [-0.1, -0.05) is 6.92 Å². The molecule has 0 N–H and O–H groups in total. The molecule has 0 saturated carbocycles. The van der Waals surface area contributed by atoms with E-state index >= 15 is 0 Å². The summed E-state index contributed by atoms with van der Waals surface area (Å²) in [7, 11) is -0.726. The lowest BCUT2D eigenvalue weighted by molar-refractivity contribution is -0.137. The fourth-order valence-electron chi connectivity index (χ4n) is 1.31. The quantitative estimate of drug-likeness (QED) is 0.706. The Morgan fingerprint density at radius 3 is 2.60 bits per heavy atom. The SMILES string of the molecule is CCC(C)OCC(=O)N1CCS(=O)CC1. The first kappa shape index (κ1) is 12.6. The van der Waals surface area contributed by atoms with Crippen LogP contribution < -0.4 is 0 Å². The third-order valence-corrected chi connectivity index (χ3v) is 3.87. The summed E-state index contributed by atoms with van der Waals surface area (Å²) in [5.41, 5.74) is 0. The number of carbonyl (C=O) groups is 1. The van der Waals surface area contributed by atoms with Gasteiger partial charge >= 0.3 is 0 Å². The Balaban J connectivity index is 2.25. The summed E-state index contributed by atoms with van der Waals surface area (Å²) >= 11 is 0. The van der Waals surface area contributed by atoms with E-state index in [1.54, 1.807) is 4.90 Å². The van der Waals surface area contributed by atoms with Gasteiger partial charge in [0.2, 0.25) is 5.91 Å².